The summed E-state index contributed by atoms with van der Waals surface area (Å²) in [5.41, 5.74) is 7.93. The van der Waals surface area contributed by atoms with E-state index < -0.39 is 5.91 Å². The highest BCUT2D eigenvalue weighted by Gasteiger charge is 2.14. The molecule has 10 heteroatoms. The maximum atomic E-state index is 11.6. The second kappa shape index (κ2) is 7.20. The molecule has 6 N–H and O–H groups in total. The van der Waals surface area contributed by atoms with Gasteiger partial charge in [0.2, 0.25) is 5.95 Å². The summed E-state index contributed by atoms with van der Waals surface area (Å²) in [6, 6.07) is 5.69. The summed E-state index contributed by atoms with van der Waals surface area (Å²) in [6.45, 7) is 1.53. The molecule has 2 aromatic heterocycles. The maximum Gasteiger partial charge on any atom is 0.254 e. The van der Waals surface area contributed by atoms with Crippen LogP contribution in [-0.4, -0.2) is 39.2 Å². The number of ether oxygens (including phenoxy) is 1. The Labute approximate surface area is 154 Å². The topological polar surface area (TPSA) is 143 Å². The van der Waals surface area contributed by atoms with Gasteiger partial charge in [0.1, 0.15) is 17.1 Å². The second-order valence-electron chi connectivity index (χ2n) is 5.90. The van der Waals surface area contributed by atoms with Crippen LogP contribution >= 0.6 is 0 Å². The number of aromatic amines is 1. The van der Waals surface area contributed by atoms with Crippen LogP contribution in [0.4, 0.5) is 28.8 Å². The van der Waals surface area contributed by atoms with Crippen molar-refractivity contribution in [1.29, 1.82) is 0 Å². The van der Waals surface area contributed by atoms with Gasteiger partial charge in [0, 0.05) is 24.6 Å². The van der Waals surface area contributed by atoms with Crippen molar-refractivity contribution in [1.82, 2.24) is 20.2 Å². The Kier molecular flexibility index (Phi) is 4.44. The number of nitrogens with one attached hydrogen (secondary N) is 4. The number of rotatable bonds is 5. The van der Waals surface area contributed by atoms with Crippen molar-refractivity contribution in [2.24, 2.45) is 5.73 Å². The van der Waals surface area contributed by atoms with Crippen LogP contribution in [-0.2, 0) is 0 Å². The van der Waals surface area contributed by atoms with Crippen molar-refractivity contribution >= 4 is 34.7 Å². The van der Waals surface area contributed by atoms with Gasteiger partial charge in [-0.05, 0) is 24.6 Å². The molecule has 0 saturated heterocycles. The molecule has 10 nitrogen and oxygen atoms in total. The SMILES string of the molecule is NC(=O)c1cnc(Nc2ccc3c(c2)NCCCO3)nc1Nc1cn[nH]c1. The summed E-state index contributed by atoms with van der Waals surface area (Å²) < 4.78 is 5.68. The Morgan fingerprint density at radius 1 is 1.22 bits per heavy atom. The highest BCUT2D eigenvalue weighted by atomic mass is 16.5. The van der Waals surface area contributed by atoms with Crippen LogP contribution in [0.15, 0.2) is 36.8 Å². The molecule has 0 spiro atoms. The monoisotopic (exact) mass is 366 g/mol. The van der Waals surface area contributed by atoms with Gasteiger partial charge in [-0.15, -0.1) is 0 Å². The largest absolute Gasteiger partial charge is 0.491 e. The van der Waals surface area contributed by atoms with E-state index in [9.17, 15) is 4.79 Å². The van der Waals surface area contributed by atoms with Gasteiger partial charge >= 0.3 is 0 Å². The molecule has 0 aliphatic carbocycles. The van der Waals surface area contributed by atoms with Crippen LogP contribution in [0.2, 0.25) is 0 Å². The normalized spacial score (nSPS) is 12.9. The van der Waals surface area contributed by atoms with Gasteiger partial charge < -0.3 is 26.4 Å². The molecule has 3 heterocycles. The number of hydrogen-bond acceptors (Lipinski definition) is 8. The van der Waals surface area contributed by atoms with E-state index in [1.54, 1.807) is 12.4 Å². The summed E-state index contributed by atoms with van der Waals surface area (Å²) in [4.78, 5) is 20.2. The Balaban J connectivity index is 1.60. The third kappa shape index (κ3) is 3.73. The highest BCUT2D eigenvalue weighted by Crippen LogP contribution is 2.31. The Hall–Kier alpha value is -3.82. The van der Waals surface area contributed by atoms with Crippen LogP contribution in [0.1, 0.15) is 16.8 Å². The first kappa shape index (κ1) is 16.6. The Morgan fingerprint density at radius 2 is 2.15 bits per heavy atom. The number of hydrogen-bond donors (Lipinski definition) is 5. The molecule has 0 fully saturated rings. The molecule has 1 aliphatic rings. The number of anilines is 5. The fourth-order valence-corrected chi connectivity index (χ4v) is 2.65. The van der Waals surface area contributed by atoms with Gasteiger partial charge in [0.05, 0.1) is 24.2 Å². The van der Waals surface area contributed by atoms with Crippen LogP contribution in [0.25, 0.3) is 0 Å². The molecule has 1 amide bonds. The van der Waals surface area contributed by atoms with E-state index in [0.717, 1.165) is 30.1 Å². The summed E-state index contributed by atoms with van der Waals surface area (Å²) >= 11 is 0. The third-order valence-electron chi connectivity index (χ3n) is 3.95. The van der Waals surface area contributed by atoms with Gasteiger partial charge in [-0.2, -0.15) is 10.1 Å². The summed E-state index contributed by atoms with van der Waals surface area (Å²) in [5.74, 6) is 0.794. The fourth-order valence-electron chi connectivity index (χ4n) is 2.65. The summed E-state index contributed by atoms with van der Waals surface area (Å²) in [5, 5.41) is 16.0. The molecule has 27 heavy (non-hydrogen) atoms. The zero-order valence-electron chi connectivity index (χ0n) is 14.3. The first-order chi connectivity index (χ1) is 13.2. The van der Waals surface area contributed by atoms with Crippen LogP contribution in [0.5, 0.6) is 5.75 Å². The van der Waals surface area contributed by atoms with E-state index in [2.05, 4.69) is 36.1 Å². The molecule has 138 valence electrons. The van der Waals surface area contributed by atoms with Gasteiger partial charge in [-0.3, -0.25) is 9.89 Å². The number of nitrogens with zero attached hydrogens (tertiary/aromatic N) is 3. The van der Waals surface area contributed by atoms with Crippen molar-refractivity contribution in [3.05, 3.63) is 42.4 Å². The minimum Gasteiger partial charge on any atom is -0.491 e. The standard InChI is InChI=1S/C17H18N8O2/c18-15(26)12-9-20-17(25-16(12)23-11-7-21-22-8-11)24-10-2-3-14-13(6-10)19-4-1-5-27-14/h2-3,6-9,19H,1,4-5H2,(H2,18,26)(H,21,22)(H2,20,23,24,25). The number of fused-ring (bicyclic) bond motifs is 1. The highest BCUT2D eigenvalue weighted by molar-refractivity contribution is 5.98. The van der Waals surface area contributed by atoms with Gasteiger partial charge in [0.15, 0.2) is 0 Å². The predicted molar refractivity (Wildman–Crippen MR) is 101 cm³/mol. The number of benzene rings is 1. The molecule has 4 rings (SSSR count). The van der Waals surface area contributed by atoms with Crippen molar-refractivity contribution < 1.29 is 9.53 Å². The average Bonchev–Trinajstić information content (AvgIpc) is 3.05. The molecule has 0 atom stereocenters. The fraction of sp³-hybridized carbons (Fsp3) is 0.176. The van der Waals surface area contributed by atoms with Crippen molar-refractivity contribution in [2.75, 3.05) is 29.1 Å². The quantitative estimate of drug-likeness (QED) is 0.461. The van der Waals surface area contributed by atoms with Gasteiger partial charge in [0.25, 0.3) is 5.91 Å². The molecule has 0 bridgehead atoms. The second-order valence-corrected chi connectivity index (χ2v) is 5.90. The lowest BCUT2D eigenvalue weighted by Crippen LogP contribution is -2.15. The smallest absolute Gasteiger partial charge is 0.254 e. The maximum absolute atomic E-state index is 11.6. The number of H-pyrrole nitrogens is 1. The summed E-state index contributed by atoms with van der Waals surface area (Å²) in [6.07, 6.45) is 5.53. The van der Waals surface area contributed by atoms with Crippen LogP contribution in [0, 0.1) is 0 Å². The van der Waals surface area contributed by atoms with Crippen molar-refractivity contribution in [3.8, 4) is 5.75 Å². The van der Waals surface area contributed by atoms with E-state index in [-0.39, 0.29) is 11.4 Å². The molecule has 1 aromatic carbocycles. The first-order valence-corrected chi connectivity index (χ1v) is 8.39. The van der Waals surface area contributed by atoms with E-state index >= 15 is 0 Å². The third-order valence-corrected chi connectivity index (χ3v) is 3.95. The molecule has 1 aliphatic heterocycles. The minimum atomic E-state index is -0.626. The Bertz CT molecular complexity index is 958. The molecule has 0 radical (unpaired) electrons. The predicted octanol–water partition coefficient (Wildman–Crippen LogP) is 1.98. The van der Waals surface area contributed by atoms with E-state index in [1.807, 2.05) is 18.2 Å². The first-order valence-electron chi connectivity index (χ1n) is 8.39. The number of primary amides is 1. The lowest BCUT2D eigenvalue weighted by molar-refractivity contribution is 0.100. The molecular formula is C17H18N8O2. The lowest BCUT2D eigenvalue weighted by Gasteiger charge is -2.12. The van der Waals surface area contributed by atoms with Crippen LogP contribution in [0.3, 0.4) is 0 Å². The van der Waals surface area contributed by atoms with Crippen molar-refractivity contribution in [3.63, 3.8) is 0 Å². The summed E-state index contributed by atoms with van der Waals surface area (Å²) in [7, 11) is 0. The Morgan fingerprint density at radius 3 is 2.96 bits per heavy atom. The van der Waals surface area contributed by atoms with Gasteiger partial charge in [-0.1, -0.05) is 0 Å². The van der Waals surface area contributed by atoms with E-state index in [4.69, 9.17) is 10.5 Å². The zero-order valence-corrected chi connectivity index (χ0v) is 14.3. The van der Waals surface area contributed by atoms with E-state index in [1.165, 1.54) is 6.20 Å². The minimum absolute atomic E-state index is 0.179. The molecular weight excluding hydrogens is 348 g/mol. The number of carbonyl (C=O) groups excluding carboxylic acids is 1. The lowest BCUT2D eigenvalue weighted by atomic mass is 10.2. The molecule has 3 aromatic rings. The number of nitrogens with two attached hydrogens (primary N) is 1. The van der Waals surface area contributed by atoms with Crippen molar-refractivity contribution in [2.45, 2.75) is 6.42 Å². The number of aromatic nitrogens is 4. The number of amides is 1. The molecule has 0 saturated carbocycles. The van der Waals surface area contributed by atoms with Gasteiger partial charge in [-0.25, -0.2) is 4.98 Å². The molecule has 0 unspecified atom stereocenters. The van der Waals surface area contributed by atoms with Crippen LogP contribution < -0.4 is 26.4 Å². The number of carbonyl (C=O) groups is 1. The zero-order chi connectivity index (χ0) is 18.6. The van der Waals surface area contributed by atoms with E-state index in [0.29, 0.717) is 18.2 Å². The average molecular weight is 366 g/mol.